The van der Waals surface area contributed by atoms with Crippen molar-refractivity contribution in [1.82, 2.24) is 5.16 Å². The molecule has 2 rings (SSSR count). The van der Waals surface area contributed by atoms with Crippen LogP contribution in [0.3, 0.4) is 0 Å². The number of Topliss-reactive ketones (excluding diaryl/α,β-unsaturated/α-hetero) is 1. The Hall–Kier alpha value is -2.10. The number of hydrogen-bond acceptors (Lipinski definition) is 4. The molecule has 1 heterocycles. The van der Waals surface area contributed by atoms with E-state index in [1.165, 1.54) is 0 Å². The van der Waals surface area contributed by atoms with E-state index >= 15 is 0 Å². The zero-order chi connectivity index (χ0) is 12.8. The molecule has 4 nitrogen and oxygen atoms in total. The van der Waals surface area contributed by atoms with Gasteiger partial charge in [0.2, 0.25) is 0 Å². The predicted molar refractivity (Wildman–Crippen MR) is 66.3 cm³/mol. The molecule has 0 spiro atoms. The van der Waals surface area contributed by atoms with Crippen molar-refractivity contribution in [1.29, 1.82) is 0 Å². The summed E-state index contributed by atoms with van der Waals surface area (Å²) in [7, 11) is 0. The number of carbonyl (C=O) groups is 1. The smallest absolute Gasteiger partial charge is 0.174 e. The first-order chi connectivity index (χ1) is 8.74. The van der Waals surface area contributed by atoms with Gasteiger partial charge in [0.05, 0.1) is 6.20 Å². The summed E-state index contributed by atoms with van der Waals surface area (Å²) in [6.45, 7) is 1.97. The van der Waals surface area contributed by atoms with Crippen molar-refractivity contribution in [2.75, 3.05) is 0 Å². The van der Waals surface area contributed by atoms with Crippen LogP contribution in [-0.4, -0.2) is 10.9 Å². The van der Waals surface area contributed by atoms with Crippen molar-refractivity contribution in [2.45, 2.75) is 26.4 Å². The number of aryl methyl sites for hydroxylation is 1. The molecule has 0 unspecified atom stereocenters. The highest BCUT2D eigenvalue weighted by atomic mass is 16.5. The van der Waals surface area contributed by atoms with Crippen molar-refractivity contribution in [3.8, 4) is 5.75 Å². The van der Waals surface area contributed by atoms with Gasteiger partial charge in [-0.15, -0.1) is 0 Å². The Morgan fingerprint density at radius 1 is 1.28 bits per heavy atom. The lowest BCUT2D eigenvalue weighted by Gasteiger charge is -2.05. The van der Waals surface area contributed by atoms with Crippen LogP contribution in [0.5, 0.6) is 5.75 Å². The molecule has 4 heteroatoms. The Morgan fingerprint density at radius 2 is 2.06 bits per heavy atom. The number of benzene rings is 1. The molecule has 0 fully saturated rings. The third kappa shape index (κ3) is 3.73. The van der Waals surface area contributed by atoms with Crippen LogP contribution >= 0.6 is 0 Å². The highest BCUT2D eigenvalue weighted by molar-refractivity contribution is 5.75. The molecule has 18 heavy (non-hydrogen) atoms. The Balaban J connectivity index is 1.85. The minimum atomic E-state index is 0.209. The van der Waals surface area contributed by atoms with Crippen LogP contribution in [0.4, 0.5) is 0 Å². The van der Waals surface area contributed by atoms with E-state index in [2.05, 4.69) is 5.16 Å². The van der Waals surface area contributed by atoms with Gasteiger partial charge in [0.1, 0.15) is 18.1 Å². The summed E-state index contributed by atoms with van der Waals surface area (Å²) in [6, 6.07) is 9.50. The summed E-state index contributed by atoms with van der Waals surface area (Å²) in [5, 5.41) is 3.60. The molecule has 2 aromatic rings. The molecule has 0 radical (unpaired) electrons. The number of rotatable bonds is 6. The van der Waals surface area contributed by atoms with Crippen molar-refractivity contribution in [2.24, 2.45) is 0 Å². The largest absolute Gasteiger partial charge is 0.486 e. The standard InChI is InChI=1S/C14H15NO3/c1-11(16)2-3-12-4-6-13(7-5-12)17-10-14-8-9-15-18-14/h4-9H,2-3,10H2,1H3. The van der Waals surface area contributed by atoms with E-state index in [-0.39, 0.29) is 5.78 Å². The quantitative estimate of drug-likeness (QED) is 0.785. The first kappa shape index (κ1) is 12.4. The van der Waals surface area contributed by atoms with Gasteiger partial charge in [-0.1, -0.05) is 17.3 Å². The molecule has 1 aromatic carbocycles. The Bertz CT molecular complexity index is 488. The summed E-state index contributed by atoms with van der Waals surface area (Å²) >= 11 is 0. The van der Waals surface area contributed by atoms with Crippen molar-refractivity contribution < 1.29 is 14.1 Å². The van der Waals surface area contributed by atoms with Gasteiger partial charge >= 0.3 is 0 Å². The summed E-state index contributed by atoms with van der Waals surface area (Å²) in [5.74, 6) is 1.68. The van der Waals surface area contributed by atoms with E-state index < -0.39 is 0 Å². The molecular weight excluding hydrogens is 230 g/mol. The fourth-order valence-electron chi connectivity index (χ4n) is 1.54. The lowest BCUT2D eigenvalue weighted by atomic mass is 10.1. The molecule has 0 amide bonds. The second-order valence-corrected chi connectivity index (χ2v) is 4.11. The van der Waals surface area contributed by atoms with Crippen LogP contribution in [0.2, 0.25) is 0 Å². The molecule has 0 aliphatic carbocycles. The molecule has 0 atom stereocenters. The Labute approximate surface area is 106 Å². The number of ether oxygens (including phenoxy) is 1. The molecule has 0 bridgehead atoms. The number of aromatic nitrogens is 1. The van der Waals surface area contributed by atoms with E-state index in [0.717, 1.165) is 17.7 Å². The summed E-state index contributed by atoms with van der Waals surface area (Å²) in [5.41, 5.74) is 1.14. The first-order valence-electron chi connectivity index (χ1n) is 5.85. The highest BCUT2D eigenvalue weighted by Crippen LogP contribution is 2.15. The van der Waals surface area contributed by atoms with E-state index in [9.17, 15) is 4.79 Å². The van der Waals surface area contributed by atoms with E-state index in [1.807, 2.05) is 24.3 Å². The van der Waals surface area contributed by atoms with Crippen molar-refractivity contribution in [3.63, 3.8) is 0 Å². The molecule has 0 aliphatic heterocycles. The van der Waals surface area contributed by atoms with Crippen LogP contribution in [0.15, 0.2) is 41.1 Å². The number of carbonyl (C=O) groups excluding carboxylic acids is 1. The molecule has 1 aromatic heterocycles. The van der Waals surface area contributed by atoms with Gasteiger partial charge in [-0.3, -0.25) is 0 Å². The summed E-state index contributed by atoms with van der Waals surface area (Å²) in [4.78, 5) is 10.9. The Morgan fingerprint density at radius 3 is 2.67 bits per heavy atom. The van der Waals surface area contributed by atoms with Gasteiger partial charge in [0, 0.05) is 12.5 Å². The average Bonchev–Trinajstić information content (AvgIpc) is 2.88. The van der Waals surface area contributed by atoms with Gasteiger partial charge in [-0.05, 0) is 31.0 Å². The first-order valence-corrected chi connectivity index (χ1v) is 5.85. The zero-order valence-electron chi connectivity index (χ0n) is 10.3. The molecule has 94 valence electrons. The van der Waals surface area contributed by atoms with Crippen LogP contribution in [0, 0.1) is 0 Å². The van der Waals surface area contributed by atoms with Crippen molar-refractivity contribution in [3.05, 3.63) is 47.9 Å². The minimum absolute atomic E-state index is 0.209. The second kappa shape index (κ2) is 6.00. The topological polar surface area (TPSA) is 52.3 Å². The van der Waals surface area contributed by atoms with Gasteiger partial charge in [-0.25, -0.2) is 0 Å². The van der Waals surface area contributed by atoms with E-state index in [4.69, 9.17) is 9.26 Å². The van der Waals surface area contributed by atoms with Crippen LogP contribution < -0.4 is 4.74 Å². The maximum atomic E-state index is 10.9. The van der Waals surface area contributed by atoms with Crippen LogP contribution in [0.1, 0.15) is 24.7 Å². The summed E-state index contributed by atoms with van der Waals surface area (Å²) in [6.07, 6.45) is 2.94. The fraction of sp³-hybridized carbons (Fsp3) is 0.286. The fourth-order valence-corrected chi connectivity index (χ4v) is 1.54. The normalized spacial score (nSPS) is 10.3. The lowest BCUT2D eigenvalue weighted by Crippen LogP contribution is -1.96. The maximum absolute atomic E-state index is 10.9. The second-order valence-electron chi connectivity index (χ2n) is 4.11. The third-order valence-corrected chi connectivity index (χ3v) is 2.56. The average molecular weight is 245 g/mol. The molecule has 0 N–H and O–H groups in total. The van der Waals surface area contributed by atoms with Crippen molar-refractivity contribution >= 4 is 5.78 Å². The van der Waals surface area contributed by atoms with Gasteiger partial charge < -0.3 is 14.1 Å². The monoisotopic (exact) mass is 245 g/mol. The number of hydrogen-bond donors (Lipinski definition) is 0. The van der Waals surface area contributed by atoms with Gasteiger partial charge in [-0.2, -0.15) is 0 Å². The van der Waals surface area contributed by atoms with Crippen LogP contribution in [0.25, 0.3) is 0 Å². The molecular formula is C14H15NO3. The predicted octanol–water partition coefficient (Wildman–Crippen LogP) is 2.78. The maximum Gasteiger partial charge on any atom is 0.174 e. The highest BCUT2D eigenvalue weighted by Gasteiger charge is 2.00. The Kier molecular flexibility index (Phi) is 4.12. The van der Waals surface area contributed by atoms with Gasteiger partial charge in [0.15, 0.2) is 5.76 Å². The van der Waals surface area contributed by atoms with Gasteiger partial charge in [0.25, 0.3) is 0 Å². The number of nitrogens with zero attached hydrogens (tertiary/aromatic N) is 1. The third-order valence-electron chi connectivity index (χ3n) is 2.56. The molecule has 0 saturated carbocycles. The van der Waals surface area contributed by atoms with E-state index in [1.54, 1.807) is 19.2 Å². The number of ketones is 1. The SMILES string of the molecule is CC(=O)CCc1ccc(OCc2ccno2)cc1. The molecule has 0 aliphatic rings. The van der Waals surface area contributed by atoms with Crippen LogP contribution in [-0.2, 0) is 17.8 Å². The minimum Gasteiger partial charge on any atom is -0.486 e. The lowest BCUT2D eigenvalue weighted by molar-refractivity contribution is -0.116. The van der Waals surface area contributed by atoms with E-state index in [0.29, 0.717) is 18.8 Å². The summed E-state index contributed by atoms with van der Waals surface area (Å²) < 4.78 is 10.5. The molecule has 0 saturated heterocycles. The zero-order valence-corrected chi connectivity index (χ0v) is 10.3.